The second-order valence-corrected chi connectivity index (χ2v) is 9.02. The molecular formula is C24H35NO3. The fourth-order valence-electron chi connectivity index (χ4n) is 5.30. The van der Waals surface area contributed by atoms with Gasteiger partial charge in [0.1, 0.15) is 0 Å². The Morgan fingerprint density at radius 3 is 2.61 bits per heavy atom. The Kier molecular flexibility index (Phi) is 6.69. The van der Waals surface area contributed by atoms with Crippen molar-refractivity contribution >= 4 is 5.91 Å². The van der Waals surface area contributed by atoms with Gasteiger partial charge in [0.2, 0.25) is 5.91 Å². The SMILES string of the molecule is O=C(C1CCCC1)N1CCC2(CC1)CC(CCOCc1ccccc1)CCO2. The van der Waals surface area contributed by atoms with Crippen molar-refractivity contribution in [3.8, 4) is 0 Å². The van der Waals surface area contributed by atoms with Crippen molar-refractivity contribution in [2.75, 3.05) is 26.3 Å². The first-order chi connectivity index (χ1) is 13.7. The highest BCUT2D eigenvalue weighted by Gasteiger charge is 2.41. The van der Waals surface area contributed by atoms with E-state index in [0.29, 0.717) is 24.3 Å². The molecule has 1 aliphatic carbocycles. The van der Waals surface area contributed by atoms with Crippen LogP contribution in [-0.2, 0) is 20.9 Å². The first-order valence-electron chi connectivity index (χ1n) is 11.3. The summed E-state index contributed by atoms with van der Waals surface area (Å²) in [6.45, 7) is 4.15. The van der Waals surface area contributed by atoms with Gasteiger partial charge in [0.05, 0.1) is 12.2 Å². The molecule has 2 heterocycles. The first-order valence-corrected chi connectivity index (χ1v) is 11.3. The highest BCUT2D eigenvalue weighted by Crippen LogP contribution is 2.39. The number of benzene rings is 1. The van der Waals surface area contributed by atoms with Crippen LogP contribution in [0.4, 0.5) is 0 Å². The van der Waals surface area contributed by atoms with Gasteiger partial charge >= 0.3 is 0 Å². The summed E-state index contributed by atoms with van der Waals surface area (Å²) < 4.78 is 12.2. The molecule has 28 heavy (non-hydrogen) atoms. The summed E-state index contributed by atoms with van der Waals surface area (Å²) in [6.07, 6.45) is 10.1. The van der Waals surface area contributed by atoms with E-state index in [0.717, 1.165) is 71.2 Å². The lowest BCUT2D eigenvalue weighted by Crippen LogP contribution is -2.51. The number of nitrogens with zero attached hydrogens (tertiary/aromatic N) is 1. The highest BCUT2D eigenvalue weighted by molar-refractivity contribution is 5.79. The molecule has 1 amide bonds. The van der Waals surface area contributed by atoms with Gasteiger partial charge < -0.3 is 14.4 Å². The molecule has 1 spiro atoms. The Morgan fingerprint density at radius 2 is 1.86 bits per heavy atom. The minimum atomic E-state index is 0.00873. The molecule has 0 bridgehead atoms. The Morgan fingerprint density at radius 1 is 1.11 bits per heavy atom. The number of hydrogen-bond acceptors (Lipinski definition) is 3. The van der Waals surface area contributed by atoms with E-state index in [1.165, 1.54) is 18.4 Å². The molecular weight excluding hydrogens is 350 g/mol. The van der Waals surface area contributed by atoms with Crippen LogP contribution in [0.1, 0.15) is 63.4 Å². The van der Waals surface area contributed by atoms with E-state index in [1.807, 2.05) is 6.07 Å². The monoisotopic (exact) mass is 385 g/mol. The molecule has 4 nitrogen and oxygen atoms in total. The maximum Gasteiger partial charge on any atom is 0.225 e. The average molecular weight is 386 g/mol. The molecule has 1 atom stereocenters. The second-order valence-electron chi connectivity index (χ2n) is 9.02. The predicted molar refractivity (Wildman–Crippen MR) is 110 cm³/mol. The lowest BCUT2D eigenvalue weighted by Gasteiger charge is -2.46. The van der Waals surface area contributed by atoms with Crippen molar-refractivity contribution in [3.63, 3.8) is 0 Å². The van der Waals surface area contributed by atoms with Crippen LogP contribution in [0.2, 0.25) is 0 Å². The smallest absolute Gasteiger partial charge is 0.225 e. The van der Waals surface area contributed by atoms with Gasteiger partial charge in [0.15, 0.2) is 0 Å². The van der Waals surface area contributed by atoms with Crippen LogP contribution >= 0.6 is 0 Å². The fourth-order valence-corrected chi connectivity index (χ4v) is 5.30. The van der Waals surface area contributed by atoms with Gasteiger partial charge in [-0.1, -0.05) is 43.2 Å². The lowest BCUT2D eigenvalue weighted by molar-refractivity contribution is -0.151. The quantitative estimate of drug-likeness (QED) is 0.673. The summed E-state index contributed by atoms with van der Waals surface area (Å²) in [7, 11) is 0. The van der Waals surface area contributed by atoms with Gasteiger partial charge in [-0.25, -0.2) is 0 Å². The zero-order chi connectivity index (χ0) is 19.2. The van der Waals surface area contributed by atoms with Crippen LogP contribution in [0, 0.1) is 11.8 Å². The fraction of sp³-hybridized carbons (Fsp3) is 0.708. The van der Waals surface area contributed by atoms with E-state index in [1.54, 1.807) is 0 Å². The summed E-state index contributed by atoms with van der Waals surface area (Å²) in [5.74, 6) is 1.39. The number of rotatable bonds is 6. The maximum atomic E-state index is 12.7. The molecule has 4 rings (SSSR count). The van der Waals surface area contributed by atoms with Crippen molar-refractivity contribution in [1.82, 2.24) is 4.90 Å². The van der Waals surface area contributed by atoms with E-state index in [4.69, 9.17) is 9.47 Å². The predicted octanol–water partition coefficient (Wildman–Crippen LogP) is 4.57. The van der Waals surface area contributed by atoms with Crippen LogP contribution in [-0.4, -0.2) is 42.7 Å². The third-order valence-electron chi connectivity index (χ3n) is 7.07. The highest BCUT2D eigenvalue weighted by atomic mass is 16.5. The van der Waals surface area contributed by atoms with E-state index in [-0.39, 0.29) is 5.60 Å². The molecule has 1 aromatic rings. The Balaban J connectivity index is 1.20. The molecule has 2 saturated heterocycles. The van der Waals surface area contributed by atoms with Crippen LogP contribution in [0.3, 0.4) is 0 Å². The van der Waals surface area contributed by atoms with Crippen molar-refractivity contribution in [2.24, 2.45) is 11.8 Å². The molecule has 3 aliphatic rings. The summed E-state index contributed by atoms with van der Waals surface area (Å²) in [5, 5.41) is 0. The van der Waals surface area contributed by atoms with Gasteiger partial charge in [-0.15, -0.1) is 0 Å². The van der Waals surface area contributed by atoms with Gasteiger partial charge in [-0.05, 0) is 56.4 Å². The van der Waals surface area contributed by atoms with Crippen molar-refractivity contribution < 1.29 is 14.3 Å². The third kappa shape index (κ3) is 4.96. The summed E-state index contributed by atoms with van der Waals surface area (Å²) >= 11 is 0. The third-order valence-corrected chi connectivity index (χ3v) is 7.07. The van der Waals surface area contributed by atoms with E-state index < -0.39 is 0 Å². The maximum absolute atomic E-state index is 12.7. The molecule has 154 valence electrons. The molecule has 1 aromatic carbocycles. The standard InChI is InChI=1S/C24H35NO3/c26-23(22-8-4-5-9-22)25-14-12-24(13-15-25)18-20(11-17-28-24)10-16-27-19-21-6-2-1-3-7-21/h1-3,6-7,20,22H,4-5,8-19H2. The Hall–Kier alpha value is -1.39. The van der Waals surface area contributed by atoms with E-state index >= 15 is 0 Å². The minimum Gasteiger partial charge on any atom is -0.377 e. The molecule has 2 aliphatic heterocycles. The minimum absolute atomic E-state index is 0.00873. The van der Waals surface area contributed by atoms with Crippen LogP contribution in [0.25, 0.3) is 0 Å². The van der Waals surface area contributed by atoms with Crippen LogP contribution in [0.5, 0.6) is 0 Å². The molecule has 4 heteroatoms. The van der Waals surface area contributed by atoms with E-state index in [2.05, 4.69) is 29.2 Å². The van der Waals surface area contributed by atoms with Crippen molar-refractivity contribution in [3.05, 3.63) is 35.9 Å². The first kappa shape index (κ1) is 19.9. The summed E-state index contributed by atoms with van der Waals surface area (Å²) in [6, 6.07) is 10.4. The number of piperidine rings is 1. The van der Waals surface area contributed by atoms with Crippen molar-refractivity contribution in [1.29, 1.82) is 0 Å². The molecule has 3 fully saturated rings. The second kappa shape index (κ2) is 9.41. The average Bonchev–Trinajstić information content (AvgIpc) is 3.27. The topological polar surface area (TPSA) is 38.8 Å². The summed E-state index contributed by atoms with van der Waals surface area (Å²) in [5.41, 5.74) is 1.25. The van der Waals surface area contributed by atoms with Crippen LogP contribution in [0.15, 0.2) is 30.3 Å². The van der Waals surface area contributed by atoms with Gasteiger partial charge in [0.25, 0.3) is 0 Å². The van der Waals surface area contributed by atoms with Crippen molar-refractivity contribution in [2.45, 2.75) is 70.0 Å². The van der Waals surface area contributed by atoms with Gasteiger partial charge in [-0.3, -0.25) is 4.79 Å². The zero-order valence-corrected chi connectivity index (χ0v) is 17.1. The molecule has 0 radical (unpaired) electrons. The number of amides is 1. The Bertz CT molecular complexity index is 618. The number of ether oxygens (including phenoxy) is 2. The summed E-state index contributed by atoms with van der Waals surface area (Å²) in [4.78, 5) is 14.8. The molecule has 0 N–H and O–H groups in total. The van der Waals surface area contributed by atoms with Gasteiger partial charge in [-0.2, -0.15) is 0 Å². The number of carbonyl (C=O) groups is 1. The van der Waals surface area contributed by atoms with Gasteiger partial charge in [0, 0.05) is 32.2 Å². The number of carbonyl (C=O) groups excluding carboxylic acids is 1. The van der Waals surface area contributed by atoms with E-state index in [9.17, 15) is 4.79 Å². The zero-order valence-electron chi connectivity index (χ0n) is 17.1. The Labute approximate surface area is 169 Å². The number of likely N-dealkylation sites (tertiary alicyclic amines) is 1. The van der Waals surface area contributed by atoms with Crippen LogP contribution < -0.4 is 0 Å². The molecule has 1 saturated carbocycles. The number of hydrogen-bond donors (Lipinski definition) is 0. The lowest BCUT2D eigenvalue weighted by atomic mass is 9.78. The normalized spacial score (nSPS) is 25.3. The molecule has 1 unspecified atom stereocenters. The largest absolute Gasteiger partial charge is 0.377 e. The molecule has 0 aromatic heterocycles.